The van der Waals surface area contributed by atoms with Crippen LogP contribution >= 0.6 is 0 Å². The number of ether oxygens (including phenoxy) is 3. The third-order valence-electron chi connectivity index (χ3n) is 3.67. The Bertz CT molecular complexity index is 812. The van der Waals surface area contributed by atoms with E-state index in [1.807, 2.05) is 6.07 Å². The number of ketones is 1. The molecule has 144 valence electrons. The van der Waals surface area contributed by atoms with Gasteiger partial charge in [-0.05, 0) is 38.8 Å². The van der Waals surface area contributed by atoms with Crippen LogP contribution in [0, 0.1) is 11.8 Å². The fourth-order valence-electron chi connectivity index (χ4n) is 2.44. The zero-order valence-corrected chi connectivity index (χ0v) is 16.0. The summed E-state index contributed by atoms with van der Waals surface area (Å²) in [5.41, 5.74) is -2.18. The minimum Gasteiger partial charge on any atom is -0.493 e. The molecular formula is C20H23NO6. The van der Waals surface area contributed by atoms with Crippen molar-refractivity contribution in [3.8, 4) is 11.8 Å². The summed E-state index contributed by atoms with van der Waals surface area (Å²) in [5, 5.41) is 10.4. The van der Waals surface area contributed by atoms with Crippen molar-refractivity contribution in [2.24, 2.45) is 0 Å². The van der Waals surface area contributed by atoms with E-state index in [2.05, 4.69) is 11.8 Å². The summed E-state index contributed by atoms with van der Waals surface area (Å²) >= 11 is 0. The molecule has 1 aromatic rings. The fourth-order valence-corrected chi connectivity index (χ4v) is 2.44. The van der Waals surface area contributed by atoms with Gasteiger partial charge in [0, 0.05) is 5.69 Å². The third-order valence-corrected chi connectivity index (χ3v) is 3.67. The van der Waals surface area contributed by atoms with Crippen molar-refractivity contribution < 1.29 is 28.9 Å². The molecule has 1 aliphatic rings. The molecule has 1 aliphatic carbocycles. The maximum absolute atomic E-state index is 12.5. The Morgan fingerprint density at radius 3 is 2.33 bits per heavy atom. The van der Waals surface area contributed by atoms with Gasteiger partial charge in [-0.3, -0.25) is 9.69 Å². The van der Waals surface area contributed by atoms with Gasteiger partial charge in [0.2, 0.25) is 5.76 Å². The second-order valence-corrected chi connectivity index (χ2v) is 6.81. The molecule has 7 nitrogen and oxygen atoms in total. The number of Topliss-reactive ketones (excluding diaryl/α,β-unsaturated/α-hetero) is 1. The largest absolute Gasteiger partial charge is 0.493 e. The van der Waals surface area contributed by atoms with Crippen molar-refractivity contribution in [3.63, 3.8) is 0 Å². The lowest BCUT2D eigenvalue weighted by Crippen LogP contribution is -2.51. The first-order chi connectivity index (χ1) is 12.6. The molecular weight excluding hydrogens is 350 g/mol. The fraction of sp³-hybridized carbons (Fsp3) is 0.400. The molecule has 0 saturated carbocycles. The smallest absolute Gasteiger partial charge is 0.415 e. The van der Waals surface area contributed by atoms with Crippen LogP contribution in [0.4, 0.5) is 10.5 Å². The first kappa shape index (κ1) is 20.3. The molecule has 0 radical (unpaired) electrons. The molecule has 2 rings (SSSR count). The standard InChI is InChI=1S/C20H23NO6/c1-19(2,3)27-18(23)21(14-10-7-6-8-11-14)13-9-12-20(24)16(22)15(25-4)17(20)26-5/h6-8,10-11,24H,13H2,1-5H3. The van der Waals surface area contributed by atoms with Crippen LogP contribution in [0.5, 0.6) is 0 Å². The second kappa shape index (κ2) is 7.72. The number of carbonyl (C=O) groups excluding carboxylic acids is 2. The van der Waals surface area contributed by atoms with Crippen LogP contribution in [0.3, 0.4) is 0 Å². The van der Waals surface area contributed by atoms with Crippen LogP contribution in [0.15, 0.2) is 41.9 Å². The molecule has 0 heterocycles. The van der Waals surface area contributed by atoms with Gasteiger partial charge < -0.3 is 19.3 Å². The van der Waals surface area contributed by atoms with Crippen molar-refractivity contribution in [2.75, 3.05) is 25.7 Å². The number of amides is 1. The van der Waals surface area contributed by atoms with Crippen molar-refractivity contribution in [1.29, 1.82) is 0 Å². The molecule has 1 atom stereocenters. The van der Waals surface area contributed by atoms with Crippen LogP contribution < -0.4 is 4.90 Å². The van der Waals surface area contributed by atoms with Gasteiger partial charge >= 0.3 is 6.09 Å². The lowest BCUT2D eigenvalue weighted by atomic mass is 9.83. The molecule has 1 unspecified atom stereocenters. The van der Waals surface area contributed by atoms with Gasteiger partial charge in [-0.1, -0.05) is 24.1 Å². The van der Waals surface area contributed by atoms with Gasteiger partial charge in [-0.25, -0.2) is 4.79 Å². The molecule has 0 spiro atoms. The molecule has 1 aromatic carbocycles. The van der Waals surface area contributed by atoms with Gasteiger partial charge in [0.1, 0.15) is 5.60 Å². The topological polar surface area (TPSA) is 85.3 Å². The highest BCUT2D eigenvalue weighted by molar-refractivity contribution is 6.12. The van der Waals surface area contributed by atoms with E-state index in [1.54, 1.807) is 45.0 Å². The summed E-state index contributed by atoms with van der Waals surface area (Å²) in [6.07, 6.45) is -0.588. The highest BCUT2D eigenvalue weighted by atomic mass is 16.6. The van der Waals surface area contributed by atoms with E-state index in [0.717, 1.165) is 0 Å². The molecule has 0 aromatic heterocycles. The first-order valence-electron chi connectivity index (χ1n) is 8.29. The van der Waals surface area contributed by atoms with Gasteiger partial charge in [0.05, 0.1) is 20.8 Å². The van der Waals surface area contributed by atoms with Crippen molar-refractivity contribution in [3.05, 3.63) is 41.9 Å². The zero-order valence-electron chi connectivity index (χ0n) is 16.0. The van der Waals surface area contributed by atoms with Crippen LogP contribution in [0.1, 0.15) is 20.8 Å². The van der Waals surface area contributed by atoms with Crippen LogP contribution in [-0.4, -0.2) is 48.9 Å². The highest BCUT2D eigenvalue weighted by Crippen LogP contribution is 2.35. The lowest BCUT2D eigenvalue weighted by Gasteiger charge is -2.32. The molecule has 0 bridgehead atoms. The minimum absolute atomic E-state index is 0.0500. The summed E-state index contributed by atoms with van der Waals surface area (Å²) in [4.78, 5) is 25.9. The molecule has 27 heavy (non-hydrogen) atoms. The van der Waals surface area contributed by atoms with Gasteiger partial charge in [0.15, 0.2) is 5.76 Å². The zero-order chi connectivity index (χ0) is 20.2. The number of para-hydroxylation sites is 1. The van der Waals surface area contributed by atoms with Gasteiger partial charge in [-0.2, -0.15) is 0 Å². The van der Waals surface area contributed by atoms with Gasteiger partial charge in [0.25, 0.3) is 11.4 Å². The molecule has 0 fully saturated rings. The lowest BCUT2D eigenvalue weighted by molar-refractivity contribution is -0.138. The van der Waals surface area contributed by atoms with Crippen molar-refractivity contribution >= 4 is 17.6 Å². The van der Waals surface area contributed by atoms with Crippen LogP contribution in [0.25, 0.3) is 0 Å². The van der Waals surface area contributed by atoms with E-state index in [-0.39, 0.29) is 18.1 Å². The number of methoxy groups -OCH3 is 2. The number of rotatable bonds is 4. The number of anilines is 1. The maximum Gasteiger partial charge on any atom is 0.415 e. The summed E-state index contributed by atoms with van der Waals surface area (Å²) in [5.74, 6) is 4.34. The number of nitrogens with zero attached hydrogens (tertiary/aromatic N) is 1. The predicted molar refractivity (Wildman–Crippen MR) is 98.8 cm³/mol. The van der Waals surface area contributed by atoms with E-state index >= 15 is 0 Å². The Hall–Kier alpha value is -2.98. The molecule has 1 N–H and O–H groups in total. The first-order valence-corrected chi connectivity index (χ1v) is 8.29. The number of aliphatic hydroxyl groups is 1. The normalized spacial score (nSPS) is 18.8. The second-order valence-electron chi connectivity index (χ2n) is 6.81. The Morgan fingerprint density at radius 2 is 1.81 bits per heavy atom. The minimum atomic E-state index is -2.07. The summed E-state index contributed by atoms with van der Waals surface area (Å²) in [6, 6.07) is 8.84. The van der Waals surface area contributed by atoms with E-state index in [4.69, 9.17) is 14.2 Å². The quantitative estimate of drug-likeness (QED) is 0.815. The molecule has 0 saturated heterocycles. The number of hydrogen-bond acceptors (Lipinski definition) is 6. The predicted octanol–water partition coefficient (Wildman–Crippen LogP) is 2.25. The number of carbonyl (C=O) groups is 2. The highest BCUT2D eigenvalue weighted by Gasteiger charge is 2.55. The van der Waals surface area contributed by atoms with Crippen molar-refractivity contribution in [1.82, 2.24) is 0 Å². The van der Waals surface area contributed by atoms with Crippen LogP contribution in [0.2, 0.25) is 0 Å². The Labute approximate surface area is 158 Å². The third kappa shape index (κ3) is 4.23. The average Bonchev–Trinajstić information content (AvgIpc) is 2.61. The van der Waals surface area contributed by atoms with Gasteiger partial charge in [-0.15, -0.1) is 0 Å². The number of hydrogen-bond donors (Lipinski definition) is 1. The van der Waals surface area contributed by atoms with E-state index in [1.165, 1.54) is 19.1 Å². The van der Waals surface area contributed by atoms with E-state index in [9.17, 15) is 14.7 Å². The van der Waals surface area contributed by atoms with Crippen molar-refractivity contribution in [2.45, 2.75) is 32.0 Å². The summed E-state index contributed by atoms with van der Waals surface area (Å²) in [7, 11) is 2.61. The molecule has 1 amide bonds. The van der Waals surface area contributed by atoms with Crippen LogP contribution in [-0.2, 0) is 19.0 Å². The summed E-state index contributed by atoms with van der Waals surface area (Å²) in [6.45, 7) is 5.19. The summed E-state index contributed by atoms with van der Waals surface area (Å²) < 4.78 is 15.3. The van der Waals surface area contributed by atoms with E-state index < -0.39 is 23.1 Å². The monoisotopic (exact) mass is 373 g/mol. The Morgan fingerprint density at radius 1 is 1.19 bits per heavy atom. The Balaban J connectivity index is 2.26. The maximum atomic E-state index is 12.5. The Kier molecular flexibility index (Phi) is 5.82. The molecule has 7 heteroatoms. The number of benzene rings is 1. The molecule has 0 aliphatic heterocycles. The van der Waals surface area contributed by atoms with E-state index in [0.29, 0.717) is 5.69 Å². The average molecular weight is 373 g/mol. The SMILES string of the molecule is COC1=C(OC)C(O)(C#CCN(C(=O)OC(C)(C)C)c2ccccc2)C1=O.